The lowest BCUT2D eigenvalue weighted by molar-refractivity contribution is 0.622. The highest BCUT2D eigenvalue weighted by Crippen LogP contribution is 2.15. The molecule has 70 valence electrons. The molecular weight excluding hydrogens is 183 g/mol. The van der Waals surface area contributed by atoms with Crippen molar-refractivity contribution in [3.8, 4) is 11.3 Å². The maximum absolute atomic E-state index is 12.8. The van der Waals surface area contributed by atoms with Gasteiger partial charge in [-0.3, -0.25) is 4.98 Å². The number of nitrogens with two attached hydrogens (primary N) is 1. The predicted molar refractivity (Wildman–Crippen MR) is 49.6 cm³/mol. The van der Waals surface area contributed by atoms with Crippen LogP contribution in [0.2, 0.25) is 0 Å². The zero-order valence-corrected chi connectivity index (χ0v) is 7.18. The lowest BCUT2D eigenvalue weighted by atomic mass is 10.2. The van der Waals surface area contributed by atoms with Gasteiger partial charge in [-0.15, -0.1) is 10.2 Å². The van der Waals surface area contributed by atoms with Crippen LogP contribution >= 0.6 is 0 Å². The normalized spacial score (nSPS) is 10.1. The number of nitrogen functional groups attached to an aromatic ring is 1. The van der Waals surface area contributed by atoms with Crippen LogP contribution in [-0.2, 0) is 0 Å². The molecule has 2 aromatic rings. The van der Waals surface area contributed by atoms with Gasteiger partial charge in [-0.2, -0.15) is 0 Å². The van der Waals surface area contributed by atoms with Crippen LogP contribution < -0.4 is 5.73 Å². The third-order valence-electron chi connectivity index (χ3n) is 1.69. The zero-order chi connectivity index (χ0) is 9.97. The van der Waals surface area contributed by atoms with E-state index in [0.29, 0.717) is 17.1 Å². The molecule has 4 nitrogen and oxygen atoms in total. The van der Waals surface area contributed by atoms with E-state index in [1.54, 1.807) is 12.1 Å². The third-order valence-corrected chi connectivity index (χ3v) is 1.69. The smallest absolute Gasteiger partial charge is 0.146 e. The van der Waals surface area contributed by atoms with Gasteiger partial charge in [0.2, 0.25) is 0 Å². The molecule has 0 radical (unpaired) electrons. The Morgan fingerprint density at radius 3 is 2.64 bits per heavy atom. The molecule has 0 saturated heterocycles. The largest absolute Gasteiger partial charge is 0.382 e. The fourth-order valence-electron chi connectivity index (χ4n) is 1.05. The predicted octanol–water partition coefficient (Wildman–Crippen LogP) is 1.26. The van der Waals surface area contributed by atoms with E-state index in [-0.39, 0.29) is 0 Å². The van der Waals surface area contributed by atoms with Crippen molar-refractivity contribution in [3.63, 3.8) is 0 Å². The molecular formula is C9H7FN4. The van der Waals surface area contributed by atoms with Crippen molar-refractivity contribution in [1.82, 2.24) is 15.2 Å². The minimum absolute atomic E-state index is 0.332. The molecule has 0 unspecified atom stereocenters. The maximum atomic E-state index is 12.8. The van der Waals surface area contributed by atoms with E-state index in [1.165, 1.54) is 12.3 Å². The quantitative estimate of drug-likeness (QED) is 0.735. The Morgan fingerprint density at radius 2 is 2.00 bits per heavy atom. The molecule has 14 heavy (non-hydrogen) atoms. The van der Waals surface area contributed by atoms with Gasteiger partial charge in [-0.25, -0.2) is 4.39 Å². The van der Waals surface area contributed by atoms with Gasteiger partial charge in [0.05, 0.1) is 11.9 Å². The Balaban J connectivity index is 2.44. The van der Waals surface area contributed by atoms with Gasteiger partial charge in [0.25, 0.3) is 0 Å². The summed E-state index contributed by atoms with van der Waals surface area (Å²) < 4.78 is 12.8. The van der Waals surface area contributed by atoms with E-state index in [2.05, 4.69) is 15.2 Å². The molecule has 0 fully saturated rings. The number of anilines is 1. The fraction of sp³-hybridized carbons (Fsp3) is 0. The van der Waals surface area contributed by atoms with Crippen LogP contribution in [0, 0.1) is 5.82 Å². The average molecular weight is 190 g/mol. The number of rotatable bonds is 1. The second kappa shape index (κ2) is 3.37. The van der Waals surface area contributed by atoms with Gasteiger partial charge in [0.1, 0.15) is 11.6 Å². The van der Waals surface area contributed by atoms with Gasteiger partial charge >= 0.3 is 0 Å². The summed E-state index contributed by atoms with van der Waals surface area (Å²) in [6, 6.07) is 4.61. The Kier molecular flexibility index (Phi) is 2.06. The second-order valence-corrected chi connectivity index (χ2v) is 2.74. The molecule has 0 saturated carbocycles. The summed E-state index contributed by atoms with van der Waals surface area (Å²) in [6.07, 6.45) is 2.65. The van der Waals surface area contributed by atoms with Gasteiger partial charge < -0.3 is 5.73 Å². The van der Waals surface area contributed by atoms with E-state index in [9.17, 15) is 4.39 Å². The van der Waals surface area contributed by atoms with E-state index in [4.69, 9.17) is 5.73 Å². The van der Waals surface area contributed by atoms with Crippen LogP contribution in [0.3, 0.4) is 0 Å². The van der Waals surface area contributed by atoms with E-state index in [1.807, 2.05) is 0 Å². The summed E-state index contributed by atoms with van der Waals surface area (Å²) in [6.45, 7) is 0. The number of aromatic nitrogens is 3. The van der Waals surface area contributed by atoms with Crippen molar-refractivity contribution in [2.75, 3.05) is 5.73 Å². The molecule has 0 bridgehead atoms. The second-order valence-electron chi connectivity index (χ2n) is 2.74. The Hall–Kier alpha value is -2.04. The molecule has 0 aliphatic heterocycles. The molecule has 2 N–H and O–H groups in total. The molecule has 2 aromatic heterocycles. The van der Waals surface area contributed by atoms with Crippen LogP contribution in [0.15, 0.2) is 30.6 Å². The molecule has 0 aromatic carbocycles. The fourth-order valence-corrected chi connectivity index (χ4v) is 1.05. The van der Waals surface area contributed by atoms with Gasteiger partial charge in [-0.05, 0) is 18.2 Å². The summed E-state index contributed by atoms with van der Waals surface area (Å²) in [4.78, 5) is 3.71. The lowest BCUT2D eigenvalue weighted by Crippen LogP contribution is -1.94. The van der Waals surface area contributed by atoms with Crippen molar-refractivity contribution >= 4 is 5.82 Å². The van der Waals surface area contributed by atoms with Crippen molar-refractivity contribution in [1.29, 1.82) is 0 Å². The molecule has 0 atom stereocenters. The Morgan fingerprint density at radius 1 is 1.14 bits per heavy atom. The molecule has 0 spiro atoms. The molecule has 5 heteroatoms. The number of halogens is 1. The summed E-state index contributed by atoms with van der Waals surface area (Å²) in [5.74, 6) is -0.0702. The van der Waals surface area contributed by atoms with Crippen molar-refractivity contribution in [3.05, 3.63) is 36.4 Å². The number of nitrogens with zero attached hydrogens (tertiary/aromatic N) is 3. The molecule has 0 amide bonds. The molecule has 2 heterocycles. The van der Waals surface area contributed by atoms with Crippen molar-refractivity contribution in [2.45, 2.75) is 0 Å². The maximum Gasteiger partial charge on any atom is 0.146 e. The number of hydrogen-bond acceptors (Lipinski definition) is 4. The highest BCUT2D eigenvalue weighted by molar-refractivity contribution is 5.57. The van der Waals surface area contributed by atoms with Crippen LogP contribution in [0.4, 0.5) is 10.2 Å². The highest BCUT2D eigenvalue weighted by Gasteiger charge is 2.01. The number of hydrogen-bond donors (Lipinski definition) is 1. The van der Waals surface area contributed by atoms with Gasteiger partial charge in [0.15, 0.2) is 0 Å². The van der Waals surface area contributed by atoms with E-state index >= 15 is 0 Å². The molecule has 2 rings (SSSR count). The Bertz CT molecular complexity index is 441. The molecule has 0 aliphatic carbocycles. The monoisotopic (exact) mass is 190 g/mol. The first-order valence-corrected chi connectivity index (χ1v) is 3.96. The van der Waals surface area contributed by atoms with Crippen LogP contribution in [0.25, 0.3) is 11.3 Å². The standard InChI is InChI=1S/C9H7FN4/c10-7-3-6(4-12-5-7)8-1-2-9(11)14-13-8/h1-5H,(H2,11,14). The van der Waals surface area contributed by atoms with Crippen LogP contribution in [0.1, 0.15) is 0 Å². The van der Waals surface area contributed by atoms with Crippen LogP contribution in [0.5, 0.6) is 0 Å². The SMILES string of the molecule is Nc1ccc(-c2cncc(F)c2)nn1. The first-order chi connectivity index (χ1) is 6.75. The van der Waals surface area contributed by atoms with Crippen LogP contribution in [-0.4, -0.2) is 15.2 Å². The Labute approximate surface area is 79.6 Å². The third kappa shape index (κ3) is 1.66. The zero-order valence-electron chi connectivity index (χ0n) is 7.18. The van der Waals surface area contributed by atoms with Crippen molar-refractivity contribution in [2.24, 2.45) is 0 Å². The summed E-state index contributed by atoms with van der Waals surface area (Å²) in [5, 5.41) is 7.47. The van der Waals surface area contributed by atoms with E-state index < -0.39 is 5.82 Å². The first kappa shape index (κ1) is 8.55. The van der Waals surface area contributed by atoms with Gasteiger partial charge in [-0.1, -0.05) is 0 Å². The van der Waals surface area contributed by atoms with E-state index in [0.717, 1.165) is 6.20 Å². The highest BCUT2D eigenvalue weighted by atomic mass is 19.1. The topological polar surface area (TPSA) is 64.7 Å². The number of pyridine rings is 1. The minimum atomic E-state index is -0.402. The van der Waals surface area contributed by atoms with Gasteiger partial charge in [0, 0.05) is 11.8 Å². The summed E-state index contributed by atoms with van der Waals surface area (Å²) in [5.41, 5.74) is 6.50. The van der Waals surface area contributed by atoms with Crippen molar-refractivity contribution < 1.29 is 4.39 Å². The summed E-state index contributed by atoms with van der Waals surface area (Å²) in [7, 11) is 0. The lowest BCUT2D eigenvalue weighted by Gasteiger charge is -1.98. The summed E-state index contributed by atoms with van der Waals surface area (Å²) >= 11 is 0. The average Bonchev–Trinajstić information content (AvgIpc) is 2.19. The molecule has 0 aliphatic rings. The minimum Gasteiger partial charge on any atom is -0.382 e. The first-order valence-electron chi connectivity index (χ1n) is 3.96.